The summed E-state index contributed by atoms with van der Waals surface area (Å²) in [7, 11) is 0. The highest BCUT2D eigenvalue weighted by atomic mass is 16.5. The summed E-state index contributed by atoms with van der Waals surface area (Å²) in [5.41, 5.74) is 7.95. The fraction of sp³-hybridized carbons (Fsp3) is 0.267. The van der Waals surface area contributed by atoms with Crippen molar-refractivity contribution in [1.82, 2.24) is 10.2 Å². The molecule has 0 saturated carbocycles. The molecule has 0 radical (unpaired) electrons. The van der Waals surface area contributed by atoms with Crippen molar-refractivity contribution in [2.24, 2.45) is 0 Å². The summed E-state index contributed by atoms with van der Waals surface area (Å²) in [6, 6.07) is 21.1. The summed E-state index contributed by atoms with van der Waals surface area (Å²) < 4.78 is 22.9. The molecular formula is C30H32N4O6. The lowest BCUT2D eigenvalue weighted by Crippen LogP contribution is -2.38. The predicted octanol–water partition coefficient (Wildman–Crippen LogP) is 3.79. The standard InChI is InChI=1S/C30H32N4O6/c31-24-5-1-2-6-25(24)33-29(35)21-8-10-23(11-9-21)38-16-12-32-30(36)27-20-22-4-3-7-26(28(22)40-27)39-19-15-34-13-17-37-18-14-34/h1-11,20H,12-19,31H2,(H,32,36)(H,33,35). The molecular weight excluding hydrogens is 512 g/mol. The van der Waals surface area contributed by atoms with Crippen LogP contribution in [-0.2, 0) is 4.74 Å². The molecule has 1 aliphatic heterocycles. The van der Waals surface area contributed by atoms with E-state index in [-0.39, 0.29) is 30.7 Å². The molecule has 0 bridgehead atoms. The van der Waals surface area contributed by atoms with Gasteiger partial charge in [-0.25, -0.2) is 0 Å². The molecule has 0 aliphatic carbocycles. The number of rotatable bonds is 11. The Morgan fingerprint density at radius 2 is 1.70 bits per heavy atom. The third kappa shape index (κ3) is 6.90. The number of nitrogen functional groups attached to an aromatic ring is 1. The van der Waals surface area contributed by atoms with E-state index < -0.39 is 0 Å². The van der Waals surface area contributed by atoms with Crippen LogP contribution in [0.25, 0.3) is 11.0 Å². The van der Waals surface area contributed by atoms with Gasteiger partial charge < -0.3 is 35.0 Å². The predicted molar refractivity (Wildman–Crippen MR) is 152 cm³/mol. The number of hydrogen-bond acceptors (Lipinski definition) is 8. The van der Waals surface area contributed by atoms with Crippen LogP contribution in [0.15, 0.2) is 77.2 Å². The zero-order valence-electron chi connectivity index (χ0n) is 22.1. The van der Waals surface area contributed by atoms with Crippen molar-refractivity contribution in [3.8, 4) is 11.5 Å². The number of benzene rings is 3. The largest absolute Gasteiger partial charge is 0.492 e. The van der Waals surface area contributed by atoms with E-state index in [4.69, 9.17) is 24.4 Å². The Labute approximate surface area is 232 Å². The number of amides is 2. The van der Waals surface area contributed by atoms with E-state index in [1.54, 1.807) is 54.6 Å². The molecule has 0 unspecified atom stereocenters. The second kappa shape index (κ2) is 13.0. The van der Waals surface area contributed by atoms with E-state index in [9.17, 15) is 9.59 Å². The van der Waals surface area contributed by atoms with E-state index in [2.05, 4.69) is 15.5 Å². The molecule has 3 aromatic carbocycles. The number of carbonyl (C=O) groups is 2. The Hall–Kier alpha value is -4.54. The van der Waals surface area contributed by atoms with Crippen LogP contribution < -0.4 is 25.8 Å². The zero-order valence-corrected chi connectivity index (χ0v) is 22.1. The summed E-state index contributed by atoms with van der Waals surface area (Å²) in [6.07, 6.45) is 0. The summed E-state index contributed by atoms with van der Waals surface area (Å²) in [4.78, 5) is 27.4. The molecule has 1 fully saturated rings. The Morgan fingerprint density at radius 1 is 0.900 bits per heavy atom. The quantitative estimate of drug-likeness (QED) is 0.192. The average Bonchev–Trinajstić information content (AvgIpc) is 3.43. The summed E-state index contributed by atoms with van der Waals surface area (Å²) in [5, 5.41) is 6.39. The Kier molecular flexibility index (Phi) is 8.79. The SMILES string of the molecule is Nc1ccccc1NC(=O)c1ccc(OCCNC(=O)c2cc3cccc(OCCN4CCOCC4)c3o2)cc1. The molecule has 4 aromatic rings. The van der Waals surface area contributed by atoms with Gasteiger partial charge in [0.15, 0.2) is 17.1 Å². The first-order valence-electron chi connectivity index (χ1n) is 13.2. The first kappa shape index (κ1) is 27.0. The van der Waals surface area contributed by atoms with Crippen LogP contribution in [0, 0.1) is 0 Å². The van der Waals surface area contributed by atoms with Gasteiger partial charge in [0.1, 0.15) is 19.0 Å². The van der Waals surface area contributed by atoms with Crippen molar-refractivity contribution in [3.63, 3.8) is 0 Å². The second-order valence-electron chi connectivity index (χ2n) is 9.26. The maximum absolute atomic E-state index is 12.7. The monoisotopic (exact) mass is 544 g/mol. The molecule has 0 spiro atoms. The normalized spacial score (nSPS) is 13.6. The Balaban J connectivity index is 1.07. The van der Waals surface area contributed by atoms with Gasteiger partial charge in [-0.2, -0.15) is 0 Å². The topological polar surface area (TPSA) is 128 Å². The third-order valence-corrected chi connectivity index (χ3v) is 6.48. The van der Waals surface area contributed by atoms with Crippen LogP contribution in [0.4, 0.5) is 11.4 Å². The van der Waals surface area contributed by atoms with Gasteiger partial charge in [0.25, 0.3) is 11.8 Å². The van der Waals surface area contributed by atoms with E-state index in [0.29, 0.717) is 40.6 Å². The second-order valence-corrected chi connectivity index (χ2v) is 9.26. The fourth-order valence-electron chi connectivity index (χ4n) is 4.30. The number of morpholine rings is 1. The Morgan fingerprint density at radius 3 is 2.50 bits per heavy atom. The molecule has 0 atom stereocenters. The van der Waals surface area contributed by atoms with Gasteiger partial charge in [-0.1, -0.05) is 24.3 Å². The minimum absolute atomic E-state index is 0.202. The first-order valence-corrected chi connectivity index (χ1v) is 13.2. The van der Waals surface area contributed by atoms with Crippen molar-refractivity contribution < 1.29 is 28.2 Å². The number of anilines is 2. The number of nitrogens with zero attached hydrogens (tertiary/aromatic N) is 1. The van der Waals surface area contributed by atoms with Crippen molar-refractivity contribution in [2.75, 3.05) is 63.7 Å². The highest BCUT2D eigenvalue weighted by Gasteiger charge is 2.16. The number of carbonyl (C=O) groups excluding carboxylic acids is 2. The maximum Gasteiger partial charge on any atom is 0.287 e. The summed E-state index contributed by atoms with van der Waals surface area (Å²) in [5.74, 6) is 0.776. The smallest absolute Gasteiger partial charge is 0.287 e. The van der Waals surface area contributed by atoms with Gasteiger partial charge in [0.05, 0.1) is 31.1 Å². The van der Waals surface area contributed by atoms with E-state index in [1.807, 2.05) is 18.2 Å². The minimum atomic E-state index is -0.341. The van der Waals surface area contributed by atoms with E-state index in [0.717, 1.165) is 38.2 Å². The first-order chi connectivity index (χ1) is 19.6. The summed E-state index contributed by atoms with van der Waals surface area (Å²) >= 11 is 0. The molecule has 10 nitrogen and oxygen atoms in total. The van der Waals surface area contributed by atoms with Crippen LogP contribution in [0.3, 0.4) is 0 Å². The number of nitrogens with two attached hydrogens (primary N) is 1. The number of nitrogens with one attached hydrogen (secondary N) is 2. The molecule has 1 aliphatic rings. The van der Waals surface area contributed by atoms with Crippen LogP contribution in [-0.4, -0.2) is 69.3 Å². The lowest BCUT2D eigenvalue weighted by molar-refractivity contribution is 0.0323. The Bertz CT molecular complexity index is 1450. The molecule has 2 heterocycles. The maximum atomic E-state index is 12.7. The van der Waals surface area contributed by atoms with E-state index in [1.165, 1.54) is 0 Å². The van der Waals surface area contributed by atoms with Gasteiger partial charge in [-0.05, 0) is 48.5 Å². The molecule has 40 heavy (non-hydrogen) atoms. The van der Waals surface area contributed by atoms with Gasteiger partial charge in [0.2, 0.25) is 0 Å². The molecule has 1 aromatic heterocycles. The number of furan rings is 1. The van der Waals surface area contributed by atoms with Gasteiger partial charge in [-0.3, -0.25) is 14.5 Å². The lowest BCUT2D eigenvalue weighted by Gasteiger charge is -2.26. The molecule has 1 saturated heterocycles. The molecule has 208 valence electrons. The van der Waals surface area contributed by atoms with Gasteiger partial charge in [-0.15, -0.1) is 0 Å². The van der Waals surface area contributed by atoms with Crippen molar-refractivity contribution in [1.29, 1.82) is 0 Å². The van der Waals surface area contributed by atoms with Crippen LogP contribution >= 0.6 is 0 Å². The van der Waals surface area contributed by atoms with E-state index >= 15 is 0 Å². The number of hydrogen-bond donors (Lipinski definition) is 3. The highest BCUT2D eigenvalue weighted by Crippen LogP contribution is 2.29. The van der Waals surface area contributed by atoms with Crippen LogP contribution in [0.1, 0.15) is 20.9 Å². The van der Waals surface area contributed by atoms with Crippen LogP contribution in [0.2, 0.25) is 0 Å². The number of fused-ring (bicyclic) bond motifs is 1. The third-order valence-electron chi connectivity index (χ3n) is 6.48. The van der Waals surface area contributed by atoms with Crippen molar-refractivity contribution in [3.05, 3.63) is 84.1 Å². The molecule has 10 heteroatoms. The lowest BCUT2D eigenvalue weighted by atomic mass is 10.2. The summed E-state index contributed by atoms with van der Waals surface area (Å²) in [6.45, 7) is 5.12. The number of ether oxygens (including phenoxy) is 3. The highest BCUT2D eigenvalue weighted by molar-refractivity contribution is 6.05. The average molecular weight is 545 g/mol. The molecule has 5 rings (SSSR count). The van der Waals surface area contributed by atoms with Crippen molar-refractivity contribution >= 4 is 34.2 Å². The molecule has 4 N–H and O–H groups in total. The van der Waals surface area contributed by atoms with Gasteiger partial charge in [0, 0.05) is 30.6 Å². The fourth-order valence-corrected chi connectivity index (χ4v) is 4.30. The molecule has 2 amide bonds. The van der Waals surface area contributed by atoms with Gasteiger partial charge >= 0.3 is 0 Å². The number of para-hydroxylation sites is 3. The minimum Gasteiger partial charge on any atom is -0.492 e. The van der Waals surface area contributed by atoms with Crippen molar-refractivity contribution in [2.45, 2.75) is 0 Å². The van der Waals surface area contributed by atoms with Crippen LogP contribution in [0.5, 0.6) is 11.5 Å². The zero-order chi connectivity index (χ0) is 27.7.